The molecule has 0 bridgehead atoms. The molecule has 5 aromatic rings. The van der Waals surface area contributed by atoms with E-state index in [2.05, 4.69) is 4.57 Å². The Kier molecular flexibility index (Phi) is 5.88. The van der Waals surface area contributed by atoms with Crippen LogP contribution in [0, 0.1) is 0 Å². The normalized spacial score (nSPS) is 11.1. The maximum absolute atomic E-state index is 11.4. The molecule has 0 radical (unpaired) electrons. The average Bonchev–Trinajstić information content (AvgIpc) is 3.28. The number of carbonyl (C=O) groups excluding carboxylic acids is 1. The first-order chi connectivity index (χ1) is 16.7. The van der Waals surface area contributed by atoms with Crippen molar-refractivity contribution in [3.63, 3.8) is 0 Å². The molecule has 166 valence electrons. The van der Waals surface area contributed by atoms with Crippen LogP contribution < -0.4 is 10.2 Å². The maximum atomic E-state index is 11.4. The van der Waals surface area contributed by atoms with Gasteiger partial charge >= 0.3 is 0 Å². The van der Waals surface area contributed by atoms with Crippen LogP contribution in [0.5, 0.6) is 11.5 Å². The van der Waals surface area contributed by atoms with E-state index in [0.717, 1.165) is 45.2 Å². The van der Waals surface area contributed by atoms with Crippen LogP contribution in [0.2, 0.25) is 0 Å². The summed E-state index contributed by atoms with van der Waals surface area (Å²) in [4.78, 5) is 16.3. The van der Waals surface area contributed by atoms with Gasteiger partial charge < -0.3 is 4.74 Å². The number of nitrogens with one attached hydrogen (secondary N) is 1. The first kappa shape index (κ1) is 21.2. The number of ether oxygens (including phenoxy) is 1. The molecule has 6 nitrogen and oxygen atoms in total. The Labute approximate surface area is 196 Å². The topological polar surface area (TPSA) is 76.4 Å². The lowest BCUT2D eigenvalue weighted by Gasteiger charge is -2.11. The van der Waals surface area contributed by atoms with Crippen molar-refractivity contribution in [2.24, 2.45) is 0 Å². The van der Waals surface area contributed by atoms with Crippen LogP contribution in [0.25, 0.3) is 34.2 Å². The van der Waals surface area contributed by atoms with E-state index in [9.17, 15) is 4.79 Å². The van der Waals surface area contributed by atoms with Gasteiger partial charge in [-0.05, 0) is 66.2 Å². The molecule has 34 heavy (non-hydrogen) atoms. The van der Waals surface area contributed by atoms with Crippen LogP contribution in [0.1, 0.15) is 5.56 Å². The van der Waals surface area contributed by atoms with Crippen molar-refractivity contribution in [1.29, 1.82) is 0 Å². The number of fused-ring (bicyclic) bond motifs is 1. The van der Waals surface area contributed by atoms with Gasteiger partial charge in [0.2, 0.25) is 0 Å². The molecular formula is C28H21N3O3. The number of para-hydroxylation sites is 3. The minimum absolute atomic E-state index is 0.588. The van der Waals surface area contributed by atoms with Crippen LogP contribution in [0.15, 0.2) is 109 Å². The van der Waals surface area contributed by atoms with Gasteiger partial charge in [-0.1, -0.05) is 48.5 Å². The lowest BCUT2D eigenvalue weighted by molar-refractivity contribution is -0.124. The molecule has 1 heterocycles. The molecule has 0 saturated heterocycles. The number of hydroxylamine groups is 1. The Morgan fingerprint density at radius 1 is 0.853 bits per heavy atom. The number of hydrogen-bond acceptors (Lipinski definition) is 4. The molecule has 5 rings (SSSR count). The molecule has 2 N–H and O–H groups in total. The van der Waals surface area contributed by atoms with Crippen LogP contribution in [0.3, 0.4) is 0 Å². The third-order valence-corrected chi connectivity index (χ3v) is 5.32. The third-order valence-electron chi connectivity index (χ3n) is 5.32. The first-order valence-corrected chi connectivity index (χ1v) is 10.7. The van der Waals surface area contributed by atoms with E-state index in [1.54, 1.807) is 11.6 Å². The number of carbonyl (C=O) groups is 1. The largest absolute Gasteiger partial charge is 0.457 e. The fourth-order valence-electron chi connectivity index (χ4n) is 3.76. The Morgan fingerprint density at radius 3 is 2.38 bits per heavy atom. The molecule has 0 saturated carbocycles. The predicted octanol–water partition coefficient (Wildman–Crippen LogP) is 6.00. The Balaban J connectivity index is 1.55. The summed E-state index contributed by atoms with van der Waals surface area (Å²) in [6.07, 6.45) is 2.91. The predicted molar refractivity (Wildman–Crippen MR) is 132 cm³/mol. The number of imidazole rings is 1. The van der Waals surface area contributed by atoms with Crippen molar-refractivity contribution in [3.05, 3.63) is 115 Å². The van der Waals surface area contributed by atoms with E-state index in [4.69, 9.17) is 14.9 Å². The fourth-order valence-corrected chi connectivity index (χ4v) is 3.76. The van der Waals surface area contributed by atoms with Crippen molar-refractivity contribution >= 4 is 23.0 Å². The molecule has 1 aromatic heterocycles. The van der Waals surface area contributed by atoms with Gasteiger partial charge in [-0.2, -0.15) is 0 Å². The summed E-state index contributed by atoms with van der Waals surface area (Å²) < 4.78 is 8.04. The van der Waals surface area contributed by atoms with E-state index in [0.29, 0.717) is 0 Å². The van der Waals surface area contributed by atoms with Gasteiger partial charge in [0.25, 0.3) is 5.91 Å². The molecule has 6 heteroatoms. The highest BCUT2D eigenvalue weighted by Crippen LogP contribution is 2.31. The highest BCUT2D eigenvalue weighted by molar-refractivity contribution is 5.91. The van der Waals surface area contributed by atoms with Gasteiger partial charge in [0.15, 0.2) is 0 Å². The number of aromatic nitrogens is 2. The zero-order valence-electron chi connectivity index (χ0n) is 18.1. The SMILES string of the molecule is O=C(/C=C/c1cccc(-c2nc3ccccc3n2-c2ccc(Oc3ccccc3)cc2)c1)NO. The minimum atomic E-state index is -0.588. The van der Waals surface area contributed by atoms with E-state index in [1.807, 2.05) is 103 Å². The van der Waals surface area contributed by atoms with Gasteiger partial charge in [0, 0.05) is 17.3 Å². The summed E-state index contributed by atoms with van der Waals surface area (Å²) in [7, 11) is 0. The van der Waals surface area contributed by atoms with E-state index >= 15 is 0 Å². The number of amides is 1. The lowest BCUT2D eigenvalue weighted by atomic mass is 10.1. The molecule has 0 aliphatic rings. The highest BCUT2D eigenvalue weighted by Gasteiger charge is 2.14. The molecular weight excluding hydrogens is 426 g/mol. The minimum Gasteiger partial charge on any atom is -0.457 e. The summed E-state index contributed by atoms with van der Waals surface area (Å²) >= 11 is 0. The van der Waals surface area contributed by atoms with Crippen LogP contribution in [0.4, 0.5) is 0 Å². The molecule has 0 fully saturated rings. The van der Waals surface area contributed by atoms with Gasteiger partial charge in [0.1, 0.15) is 17.3 Å². The summed E-state index contributed by atoms with van der Waals surface area (Å²) in [5.74, 6) is 1.72. The van der Waals surface area contributed by atoms with Crippen LogP contribution in [-0.2, 0) is 4.79 Å². The molecule has 0 spiro atoms. The summed E-state index contributed by atoms with van der Waals surface area (Å²) in [5.41, 5.74) is 6.11. The van der Waals surface area contributed by atoms with Crippen molar-refractivity contribution < 1.29 is 14.7 Å². The van der Waals surface area contributed by atoms with E-state index in [1.165, 1.54) is 6.08 Å². The summed E-state index contributed by atoms with van der Waals surface area (Å²) in [6.45, 7) is 0. The van der Waals surface area contributed by atoms with Gasteiger partial charge in [-0.15, -0.1) is 0 Å². The second-order valence-corrected chi connectivity index (χ2v) is 7.60. The second-order valence-electron chi connectivity index (χ2n) is 7.60. The third kappa shape index (κ3) is 4.44. The number of benzene rings is 4. The first-order valence-electron chi connectivity index (χ1n) is 10.7. The van der Waals surface area contributed by atoms with Crippen molar-refractivity contribution in [3.8, 4) is 28.6 Å². The average molecular weight is 447 g/mol. The Morgan fingerprint density at radius 2 is 1.59 bits per heavy atom. The van der Waals surface area contributed by atoms with Gasteiger partial charge in [-0.25, -0.2) is 10.5 Å². The molecule has 0 unspecified atom stereocenters. The monoisotopic (exact) mass is 447 g/mol. The number of hydrogen-bond donors (Lipinski definition) is 2. The molecule has 0 aliphatic carbocycles. The fraction of sp³-hybridized carbons (Fsp3) is 0. The van der Waals surface area contributed by atoms with Crippen molar-refractivity contribution in [2.45, 2.75) is 0 Å². The molecule has 0 atom stereocenters. The zero-order chi connectivity index (χ0) is 23.3. The van der Waals surface area contributed by atoms with Gasteiger partial charge in [0.05, 0.1) is 11.0 Å². The number of nitrogens with zero attached hydrogens (tertiary/aromatic N) is 2. The summed E-state index contributed by atoms with van der Waals surface area (Å²) in [6, 6.07) is 33.2. The smallest absolute Gasteiger partial charge is 0.267 e. The van der Waals surface area contributed by atoms with Gasteiger partial charge in [-0.3, -0.25) is 14.6 Å². The van der Waals surface area contributed by atoms with E-state index in [-0.39, 0.29) is 0 Å². The van der Waals surface area contributed by atoms with Crippen LogP contribution in [-0.4, -0.2) is 20.7 Å². The lowest BCUT2D eigenvalue weighted by Crippen LogP contribution is -2.14. The maximum Gasteiger partial charge on any atom is 0.267 e. The molecule has 4 aromatic carbocycles. The van der Waals surface area contributed by atoms with E-state index < -0.39 is 5.91 Å². The standard InChI is InChI=1S/C28H21N3O3/c32-27(30-33)18-13-20-7-6-8-21(19-20)28-29-25-11-4-5-12-26(25)31(28)22-14-16-24(17-15-22)34-23-9-2-1-3-10-23/h1-19,33H,(H,30,32)/b18-13+. The second kappa shape index (κ2) is 9.44. The zero-order valence-corrected chi connectivity index (χ0v) is 18.1. The Bertz CT molecular complexity index is 1470. The quantitative estimate of drug-likeness (QED) is 0.190. The highest BCUT2D eigenvalue weighted by atomic mass is 16.5. The summed E-state index contributed by atoms with van der Waals surface area (Å²) in [5, 5.41) is 8.72. The number of rotatable bonds is 6. The van der Waals surface area contributed by atoms with Crippen molar-refractivity contribution in [2.75, 3.05) is 0 Å². The Hall–Kier alpha value is -4.68. The molecule has 1 amide bonds. The van der Waals surface area contributed by atoms with Crippen LogP contribution >= 0.6 is 0 Å². The van der Waals surface area contributed by atoms with Crippen molar-refractivity contribution in [1.82, 2.24) is 15.0 Å². The molecule has 0 aliphatic heterocycles.